The van der Waals surface area contributed by atoms with Crippen LogP contribution in [0.1, 0.15) is 23.2 Å². The van der Waals surface area contributed by atoms with Gasteiger partial charge < -0.3 is 15.5 Å². The number of piperidine rings is 1. The Morgan fingerprint density at radius 2 is 2.21 bits per heavy atom. The molecule has 1 aliphatic heterocycles. The van der Waals surface area contributed by atoms with Gasteiger partial charge in [0.05, 0.1) is 5.56 Å². The minimum absolute atomic E-state index is 0.105. The zero-order valence-electron chi connectivity index (χ0n) is 11.4. The summed E-state index contributed by atoms with van der Waals surface area (Å²) in [7, 11) is 4.00. The van der Waals surface area contributed by atoms with Crippen molar-refractivity contribution < 1.29 is 9.18 Å². The highest BCUT2D eigenvalue weighted by Gasteiger charge is 2.26. The van der Waals surface area contributed by atoms with Crippen LogP contribution in [0.3, 0.4) is 0 Å². The molecule has 1 aliphatic rings. The number of carbonyl (C=O) groups excluding carboxylic acids is 1. The molecule has 0 saturated carbocycles. The Balaban J connectivity index is 2.15. The van der Waals surface area contributed by atoms with Crippen molar-refractivity contribution in [2.45, 2.75) is 18.9 Å². The van der Waals surface area contributed by atoms with Crippen LogP contribution >= 0.6 is 0 Å². The normalized spacial score (nSPS) is 19.8. The second-order valence-electron chi connectivity index (χ2n) is 5.25. The first-order chi connectivity index (χ1) is 8.99. The van der Waals surface area contributed by atoms with Crippen molar-refractivity contribution in [2.75, 3.05) is 32.9 Å². The Kier molecular flexibility index (Phi) is 4.04. The third-order valence-electron chi connectivity index (χ3n) is 3.64. The van der Waals surface area contributed by atoms with Crippen molar-refractivity contribution in [3.63, 3.8) is 0 Å². The van der Waals surface area contributed by atoms with Crippen LogP contribution in [0.4, 0.5) is 10.1 Å². The third kappa shape index (κ3) is 3.04. The van der Waals surface area contributed by atoms with Crippen LogP contribution in [-0.2, 0) is 0 Å². The molecule has 1 atom stereocenters. The fourth-order valence-electron chi connectivity index (χ4n) is 2.44. The summed E-state index contributed by atoms with van der Waals surface area (Å²) in [5.74, 6) is -0.791. The lowest BCUT2D eigenvalue weighted by molar-refractivity contribution is 0.0630. The molecule has 1 aromatic rings. The van der Waals surface area contributed by atoms with Crippen molar-refractivity contribution in [1.82, 2.24) is 9.80 Å². The number of likely N-dealkylation sites (N-methyl/N-ethyl adjacent to an activating group) is 1. The molecule has 0 aromatic heterocycles. The van der Waals surface area contributed by atoms with Crippen LogP contribution < -0.4 is 5.73 Å². The van der Waals surface area contributed by atoms with Crippen LogP contribution in [0.5, 0.6) is 0 Å². The molecule has 0 bridgehead atoms. The largest absolute Gasteiger partial charge is 0.399 e. The first-order valence-corrected chi connectivity index (χ1v) is 6.50. The van der Waals surface area contributed by atoms with Crippen molar-refractivity contribution in [3.05, 3.63) is 29.6 Å². The van der Waals surface area contributed by atoms with Gasteiger partial charge in [-0.05, 0) is 45.1 Å². The van der Waals surface area contributed by atoms with Gasteiger partial charge in [0.25, 0.3) is 5.91 Å². The Morgan fingerprint density at radius 1 is 1.47 bits per heavy atom. The number of amides is 1. The molecule has 4 nitrogen and oxygen atoms in total. The van der Waals surface area contributed by atoms with E-state index in [2.05, 4.69) is 4.90 Å². The average molecular weight is 265 g/mol. The number of benzene rings is 1. The van der Waals surface area contributed by atoms with Crippen molar-refractivity contribution in [1.29, 1.82) is 0 Å². The molecule has 1 fully saturated rings. The van der Waals surface area contributed by atoms with Gasteiger partial charge in [-0.15, -0.1) is 0 Å². The number of hydrogen-bond acceptors (Lipinski definition) is 3. The predicted octanol–water partition coefficient (Wildman–Crippen LogP) is 1.57. The molecule has 1 saturated heterocycles. The van der Waals surface area contributed by atoms with Gasteiger partial charge >= 0.3 is 0 Å². The van der Waals surface area contributed by atoms with Crippen molar-refractivity contribution in [3.8, 4) is 0 Å². The summed E-state index contributed by atoms with van der Waals surface area (Å²) >= 11 is 0. The number of likely N-dealkylation sites (tertiary alicyclic amines) is 1. The molecular formula is C14H20FN3O. The second-order valence-corrected chi connectivity index (χ2v) is 5.25. The molecule has 19 heavy (non-hydrogen) atoms. The SMILES string of the molecule is CN(C)C1CCCN(C(=O)c2ccc(N)cc2F)C1. The molecule has 104 valence electrons. The molecule has 0 spiro atoms. The van der Waals surface area contributed by atoms with E-state index in [1.807, 2.05) is 14.1 Å². The maximum Gasteiger partial charge on any atom is 0.256 e. The van der Waals surface area contributed by atoms with Crippen molar-refractivity contribution >= 4 is 11.6 Å². The maximum absolute atomic E-state index is 13.8. The number of nitrogens with two attached hydrogens (primary N) is 1. The van der Waals surface area contributed by atoms with Crippen LogP contribution in [0.2, 0.25) is 0 Å². The average Bonchev–Trinajstić information content (AvgIpc) is 2.38. The van der Waals surface area contributed by atoms with Gasteiger partial charge in [0.15, 0.2) is 0 Å². The molecule has 0 radical (unpaired) electrons. The van der Waals surface area contributed by atoms with Crippen LogP contribution in [0, 0.1) is 5.82 Å². The monoisotopic (exact) mass is 265 g/mol. The summed E-state index contributed by atoms with van der Waals surface area (Å²) in [5, 5.41) is 0. The highest BCUT2D eigenvalue weighted by molar-refractivity contribution is 5.94. The lowest BCUT2D eigenvalue weighted by Crippen LogP contribution is -2.47. The number of hydrogen-bond donors (Lipinski definition) is 1. The first kappa shape index (κ1) is 13.8. The van der Waals surface area contributed by atoms with E-state index in [0.717, 1.165) is 12.8 Å². The Hall–Kier alpha value is -1.62. The Labute approximate surface area is 113 Å². The molecule has 1 heterocycles. The Morgan fingerprint density at radius 3 is 2.84 bits per heavy atom. The molecule has 1 amide bonds. The summed E-state index contributed by atoms with van der Waals surface area (Å²) in [6, 6.07) is 4.56. The number of carbonyl (C=O) groups is 1. The van der Waals surface area contributed by atoms with Gasteiger partial charge in [0.2, 0.25) is 0 Å². The lowest BCUT2D eigenvalue weighted by Gasteiger charge is -2.36. The van der Waals surface area contributed by atoms with E-state index in [0.29, 0.717) is 24.8 Å². The topological polar surface area (TPSA) is 49.6 Å². The standard InChI is InChI=1S/C14H20FN3O/c1-17(2)11-4-3-7-18(9-11)14(19)12-6-5-10(16)8-13(12)15/h5-6,8,11H,3-4,7,9,16H2,1-2H3. The number of anilines is 1. The van der Waals surface area contributed by atoms with Gasteiger partial charge in [-0.25, -0.2) is 4.39 Å². The minimum atomic E-state index is -0.544. The highest BCUT2D eigenvalue weighted by Crippen LogP contribution is 2.19. The molecule has 1 aromatic carbocycles. The molecule has 5 heteroatoms. The number of nitrogens with zero attached hydrogens (tertiary/aromatic N) is 2. The van der Waals surface area contributed by atoms with E-state index >= 15 is 0 Å². The highest BCUT2D eigenvalue weighted by atomic mass is 19.1. The number of rotatable bonds is 2. The van der Waals surface area contributed by atoms with Gasteiger partial charge in [-0.3, -0.25) is 4.79 Å². The lowest BCUT2D eigenvalue weighted by atomic mass is 10.0. The van der Waals surface area contributed by atoms with Crippen LogP contribution in [0.15, 0.2) is 18.2 Å². The predicted molar refractivity (Wildman–Crippen MR) is 73.4 cm³/mol. The maximum atomic E-state index is 13.8. The summed E-state index contributed by atoms with van der Waals surface area (Å²) in [6.07, 6.45) is 2.02. The molecule has 2 N–H and O–H groups in total. The fraction of sp³-hybridized carbons (Fsp3) is 0.500. The van der Waals surface area contributed by atoms with Gasteiger partial charge in [0, 0.05) is 24.8 Å². The van der Waals surface area contributed by atoms with Crippen LogP contribution in [-0.4, -0.2) is 48.9 Å². The summed E-state index contributed by atoms with van der Waals surface area (Å²) < 4.78 is 13.8. The minimum Gasteiger partial charge on any atom is -0.399 e. The zero-order valence-corrected chi connectivity index (χ0v) is 11.4. The molecular weight excluding hydrogens is 245 g/mol. The fourth-order valence-corrected chi connectivity index (χ4v) is 2.44. The zero-order chi connectivity index (χ0) is 14.0. The molecule has 0 aliphatic carbocycles. The summed E-state index contributed by atoms with van der Waals surface area (Å²) in [6.45, 7) is 1.34. The Bertz CT molecular complexity index is 476. The number of nitrogen functional groups attached to an aromatic ring is 1. The van der Waals surface area contributed by atoms with E-state index in [1.165, 1.54) is 12.1 Å². The van der Waals surface area contributed by atoms with E-state index in [1.54, 1.807) is 11.0 Å². The van der Waals surface area contributed by atoms with Gasteiger partial charge in [0.1, 0.15) is 5.82 Å². The van der Waals surface area contributed by atoms with Crippen molar-refractivity contribution in [2.24, 2.45) is 0 Å². The smallest absolute Gasteiger partial charge is 0.256 e. The summed E-state index contributed by atoms with van der Waals surface area (Å²) in [5.41, 5.74) is 5.93. The van der Waals surface area contributed by atoms with Crippen LogP contribution in [0.25, 0.3) is 0 Å². The van der Waals surface area contributed by atoms with E-state index in [4.69, 9.17) is 5.73 Å². The van der Waals surface area contributed by atoms with Gasteiger partial charge in [-0.1, -0.05) is 0 Å². The van der Waals surface area contributed by atoms with Gasteiger partial charge in [-0.2, -0.15) is 0 Å². The first-order valence-electron chi connectivity index (χ1n) is 6.50. The second kappa shape index (κ2) is 5.57. The van der Waals surface area contributed by atoms with E-state index in [9.17, 15) is 9.18 Å². The van der Waals surface area contributed by atoms with E-state index < -0.39 is 5.82 Å². The quantitative estimate of drug-likeness (QED) is 0.826. The third-order valence-corrected chi connectivity index (χ3v) is 3.64. The molecule has 1 unspecified atom stereocenters. The number of halogens is 1. The molecule has 2 rings (SSSR count). The summed E-state index contributed by atoms with van der Waals surface area (Å²) in [4.78, 5) is 16.2. The van der Waals surface area contributed by atoms with E-state index in [-0.39, 0.29) is 11.5 Å².